The second-order valence-electron chi connectivity index (χ2n) is 3.46. The summed E-state index contributed by atoms with van der Waals surface area (Å²) in [6, 6.07) is 1.60. The number of aromatic nitrogens is 1. The van der Waals surface area contributed by atoms with Crippen LogP contribution in [-0.4, -0.2) is 17.6 Å². The van der Waals surface area contributed by atoms with Crippen LogP contribution in [0.1, 0.15) is 42.7 Å². The van der Waals surface area contributed by atoms with Gasteiger partial charge in [0, 0.05) is 6.20 Å². The average Bonchev–Trinajstić information content (AvgIpc) is 2.17. The molecule has 82 valence electrons. The van der Waals surface area contributed by atoms with E-state index in [2.05, 4.69) is 4.98 Å². The van der Waals surface area contributed by atoms with Crippen molar-refractivity contribution in [2.24, 2.45) is 0 Å². The van der Waals surface area contributed by atoms with E-state index in [4.69, 9.17) is 16.3 Å². The summed E-state index contributed by atoms with van der Waals surface area (Å²) < 4.78 is 4.94. The second kappa shape index (κ2) is 5.12. The van der Waals surface area contributed by atoms with Crippen molar-refractivity contribution in [1.82, 2.24) is 4.98 Å². The molecule has 15 heavy (non-hydrogen) atoms. The molecule has 0 N–H and O–H groups in total. The van der Waals surface area contributed by atoms with Gasteiger partial charge in [0.2, 0.25) is 0 Å². The van der Waals surface area contributed by atoms with Crippen molar-refractivity contribution in [3.8, 4) is 0 Å². The fourth-order valence-electron chi connectivity index (χ4n) is 1.28. The molecule has 0 spiro atoms. The van der Waals surface area contributed by atoms with Crippen molar-refractivity contribution in [1.29, 1.82) is 0 Å². The van der Waals surface area contributed by atoms with E-state index in [1.807, 2.05) is 13.8 Å². The predicted octanol–water partition coefficient (Wildman–Crippen LogP) is 3.04. The number of pyridine rings is 1. The highest BCUT2D eigenvalue weighted by Crippen LogP contribution is 2.21. The number of ether oxygens (including phenoxy) is 1. The highest BCUT2D eigenvalue weighted by molar-refractivity contribution is 6.30. The normalized spacial score (nSPS) is 10.5. The lowest BCUT2D eigenvalue weighted by molar-refractivity contribution is 0.0524. The first kappa shape index (κ1) is 12.0. The largest absolute Gasteiger partial charge is 0.462 e. The summed E-state index contributed by atoms with van der Waals surface area (Å²) >= 11 is 5.80. The van der Waals surface area contributed by atoms with Gasteiger partial charge < -0.3 is 4.74 Å². The Balaban J connectivity index is 3.12. The molecule has 1 aromatic rings. The summed E-state index contributed by atoms with van der Waals surface area (Å²) in [5.41, 5.74) is 1.18. The first-order valence-electron chi connectivity index (χ1n) is 4.88. The van der Waals surface area contributed by atoms with E-state index in [0.717, 1.165) is 5.69 Å². The smallest absolute Gasteiger partial charge is 0.340 e. The molecule has 0 amide bonds. The molecule has 0 atom stereocenters. The third kappa shape index (κ3) is 2.93. The summed E-state index contributed by atoms with van der Waals surface area (Å²) in [6.07, 6.45) is 1.54. The van der Waals surface area contributed by atoms with Gasteiger partial charge in [-0.15, -0.1) is 0 Å². The van der Waals surface area contributed by atoms with Gasteiger partial charge in [-0.25, -0.2) is 4.79 Å². The highest BCUT2D eigenvalue weighted by atomic mass is 35.5. The van der Waals surface area contributed by atoms with Gasteiger partial charge in [0.05, 0.1) is 22.9 Å². The van der Waals surface area contributed by atoms with E-state index in [9.17, 15) is 4.79 Å². The van der Waals surface area contributed by atoms with E-state index >= 15 is 0 Å². The van der Waals surface area contributed by atoms with Gasteiger partial charge in [-0.05, 0) is 18.9 Å². The number of hydrogen-bond acceptors (Lipinski definition) is 3. The summed E-state index contributed by atoms with van der Waals surface area (Å²) in [4.78, 5) is 15.7. The third-order valence-electron chi connectivity index (χ3n) is 1.93. The predicted molar refractivity (Wildman–Crippen MR) is 59.3 cm³/mol. The van der Waals surface area contributed by atoms with Crippen molar-refractivity contribution in [2.45, 2.75) is 26.7 Å². The summed E-state index contributed by atoms with van der Waals surface area (Å²) in [7, 11) is 0. The van der Waals surface area contributed by atoms with Crippen molar-refractivity contribution in [3.05, 3.63) is 28.5 Å². The van der Waals surface area contributed by atoms with Crippen LogP contribution in [0.3, 0.4) is 0 Å². The fourth-order valence-corrected chi connectivity index (χ4v) is 1.44. The topological polar surface area (TPSA) is 39.2 Å². The van der Waals surface area contributed by atoms with Crippen LogP contribution in [0.15, 0.2) is 12.3 Å². The molecule has 0 aliphatic rings. The molecule has 1 heterocycles. The van der Waals surface area contributed by atoms with Crippen LogP contribution >= 0.6 is 11.6 Å². The van der Waals surface area contributed by atoms with Crippen LogP contribution in [0.4, 0.5) is 0 Å². The Morgan fingerprint density at radius 2 is 2.27 bits per heavy atom. The number of esters is 1. The number of carbonyl (C=O) groups is 1. The van der Waals surface area contributed by atoms with Gasteiger partial charge in [-0.2, -0.15) is 0 Å². The van der Waals surface area contributed by atoms with E-state index in [1.54, 1.807) is 19.2 Å². The minimum absolute atomic E-state index is 0.168. The van der Waals surface area contributed by atoms with Crippen molar-refractivity contribution in [2.75, 3.05) is 6.61 Å². The van der Waals surface area contributed by atoms with E-state index < -0.39 is 0 Å². The van der Waals surface area contributed by atoms with Crippen LogP contribution in [0.25, 0.3) is 0 Å². The standard InChI is InChI=1S/C11H14ClNO2/c1-4-15-11(14)9-5-8(12)6-13-10(9)7(2)3/h5-7H,4H2,1-3H3. The Bertz CT molecular complexity index is 364. The van der Waals surface area contributed by atoms with Gasteiger partial charge in [0.15, 0.2) is 0 Å². The van der Waals surface area contributed by atoms with Gasteiger partial charge in [-0.3, -0.25) is 4.98 Å². The molecule has 0 unspecified atom stereocenters. The number of nitrogens with zero attached hydrogens (tertiary/aromatic N) is 1. The van der Waals surface area contributed by atoms with E-state index in [-0.39, 0.29) is 11.9 Å². The molecule has 0 fully saturated rings. The zero-order valence-electron chi connectivity index (χ0n) is 9.08. The first-order chi connectivity index (χ1) is 7.06. The third-order valence-corrected chi connectivity index (χ3v) is 2.13. The highest BCUT2D eigenvalue weighted by Gasteiger charge is 2.16. The summed E-state index contributed by atoms with van der Waals surface area (Å²) in [5, 5.41) is 0.447. The van der Waals surface area contributed by atoms with E-state index in [0.29, 0.717) is 17.2 Å². The molecule has 4 heteroatoms. The lowest BCUT2D eigenvalue weighted by atomic mass is 10.0. The zero-order chi connectivity index (χ0) is 11.4. The molecule has 0 aliphatic carbocycles. The van der Waals surface area contributed by atoms with Gasteiger partial charge >= 0.3 is 5.97 Å². The summed E-state index contributed by atoms with van der Waals surface area (Å²) in [5.74, 6) is -0.196. The van der Waals surface area contributed by atoms with Crippen molar-refractivity contribution < 1.29 is 9.53 Å². The number of carbonyl (C=O) groups excluding carboxylic acids is 1. The minimum Gasteiger partial charge on any atom is -0.462 e. The Hall–Kier alpha value is -1.09. The van der Waals surface area contributed by atoms with Gasteiger partial charge in [0.1, 0.15) is 0 Å². The molecule has 1 rings (SSSR count). The average molecular weight is 228 g/mol. The van der Waals surface area contributed by atoms with Crippen LogP contribution < -0.4 is 0 Å². The number of rotatable bonds is 3. The molecular weight excluding hydrogens is 214 g/mol. The number of halogens is 1. The molecule has 0 aliphatic heterocycles. The fraction of sp³-hybridized carbons (Fsp3) is 0.455. The Morgan fingerprint density at radius 1 is 1.60 bits per heavy atom. The molecule has 0 aromatic carbocycles. The molecule has 0 radical (unpaired) electrons. The second-order valence-corrected chi connectivity index (χ2v) is 3.90. The van der Waals surface area contributed by atoms with E-state index in [1.165, 1.54) is 0 Å². The maximum absolute atomic E-state index is 11.6. The maximum Gasteiger partial charge on any atom is 0.340 e. The summed E-state index contributed by atoms with van der Waals surface area (Å²) in [6.45, 7) is 6.06. The molecule has 0 saturated carbocycles. The lowest BCUT2D eigenvalue weighted by Crippen LogP contribution is -2.10. The minimum atomic E-state index is -0.365. The Morgan fingerprint density at radius 3 is 2.80 bits per heavy atom. The molecule has 3 nitrogen and oxygen atoms in total. The van der Waals surface area contributed by atoms with Crippen LogP contribution in [0.5, 0.6) is 0 Å². The van der Waals surface area contributed by atoms with Gasteiger partial charge in [-0.1, -0.05) is 25.4 Å². The van der Waals surface area contributed by atoms with Crippen LogP contribution in [0, 0.1) is 0 Å². The number of hydrogen-bond donors (Lipinski definition) is 0. The maximum atomic E-state index is 11.6. The first-order valence-corrected chi connectivity index (χ1v) is 5.26. The lowest BCUT2D eigenvalue weighted by Gasteiger charge is -2.10. The SMILES string of the molecule is CCOC(=O)c1cc(Cl)cnc1C(C)C. The van der Waals surface area contributed by atoms with Crippen LogP contribution in [-0.2, 0) is 4.74 Å². The molecular formula is C11H14ClNO2. The quantitative estimate of drug-likeness (QED) is 0.745. The molecule has 1 aromatic heterocycles. The Labute approximate surface area is 94.4 Å². The van der Waals surface area contributed by atoms with Crippen molar-refractivity contribution >= 4 is 17.6 Å². The van der Waals surface area contributed by atoms with Crippen LogP contribution in [0.2, 0.25) is 5.02 Å². The Kier molecular flexibility index (Phi) is 4.09. The zero-order valence-corrected chi connectivity index (χ0v) is 9.84. The van der Waals surface area contributed by atoms with Gasteiger partial charge in [0.25, 0.3) is 0 Å². The van der Waals surface area contributed by atoms with Crippen molar-refractivity contribution in [3.63, 3.8) is 0 Å². The molecule has 0 saturated heterocycles. The molecule has 0 bridgehead atoms. The monoisotopic (exact) mass is 227 g/mol.